The Balaban J connectivity index is 2.26. The van der Waals surface area contributed by atoms with Gasteiger partial charge in [-0.1, -0.05) is 18.2 Å². The van der Waals surface area contributed by atoms with E-state index in [2.05, 4.69) is 12.1 Å². The van der Waals surface area contributed by atoms with Crippen LogP contribution in [0.5, 0.6) is 0 Å². The summed E-state index contributed by atoms with van der Waals surface area (Å²) in [7, 11) is 1.93. The van der Waals surface area contributed by atoms with Crippen LogP contribution in [0.15, 0.2) is 42.5 Å². The lowest BCUT2D eigenvalue weighted by Crippen LogP contribution is -2.17. The molecule has 0 spiro atoms. The first-order valence-corrected chi connectivity index (χ1v) is 7.00. The van der Waals surface area contributed by atoms with E-state index < -0.39 is 0 Å². The molecule has 0 saturated carbocycles. The smallest absolute Gasteiger partial charge is 0.101 e. The van der Waals surface area contributed by atoms with Crippen molar-refractivity contribution in [2.45, 2.75) is 12.4 Å². The number of rotatable bonds is 4. The van der Waals surface area contributed by atoms with Gasteiger partial charge >= 0.3 is 0 Å². The van der Waals surface area contributed by atoms with E-state index in [4.69, 9.17) is 16.9 Å². The zero-order chi connectivity index (χ0) is 15.2. The maximum Gasteiger partial charge on any atom is 0.101 e. The SMILES string of the molecule is CN(Cc1cccc(C#N)c1)c1ccc(CCl)cc1C#N. The average Bonchev–Trinajstić information content (AvgIpc) is 2.54. The molecule has 0 bridgehead atoms. The first-order chi connectivity index (χ1) is 10.2. The monoisotopic (exact) mass is 295 g/mol. The second kappa shape index (κ2) is 6.79. The summed E-state index contributed by atoms with van der Waals surface area (Å²) in [6.45, 7) is 0.629. The van der Waals surface area contributed by atoms with Crippen LogP contribution < -0.4 is 4.90 Å². The Morgan fingerprint density at radius 3 is 2.52 bits per heavy atom. The summed E-state index contributed by atoms with van der Waals surface area (Å²) in [6.07, 6.45) is 0. The lowest BCUT2D eigenvalue weighted by molar-refractivity contribution is 0.919. The van der Waals surface area contributed by atoms with E-state index in [0.29, 0.717) is 23.6 Å². The van der Waals surface area contributed by atoms with Gasteiger partial charge in [-0.05, 0) is 35.4 Å². The van der Waals surface area contributed by atoms with E-state index in [-0.39, 0.29) is 0 Å². The fourth-order valence-corrected chi connectivity index (χ4v) is 2.35. The van der Waals surface area contributed by atoms with E-state index in [1.807, 2.05) is 48.3 Å². The van der Waals surface area contributed by atoms with E-state index in [1.165, 1.54) is 0 Å². The summed E-state index contributed by atoms with van der Waals surface area (Å²) in [5.41, 5.74) is 4.05. The topological polar surface area (TPSA) is 50.8 Å². The summed E-state index contributed by atoms with van der Waals surface area (Å²) in [4.78, 5) is 1.99. The van der Waals surface area contributed by atoms with Crippen LogP contribution in [0.2, 0.25) is 0 Å². The summed E-state index contributed by atoms with van der Waals surface area (Å²) in [5, 5.41) is 18.2. The van der Waals surface area contributed by atoms with Gasteiger partial charge in [0.15, 0.2) is 0 Å². The van der Waals surface area contributed by atoms with Gasteiger partial charge in [-0.3, -0.25) is 0 Å². The molecule has 0 atom stereocenters. The number of benzene rings is 2. The molecular weight excluding hydrogens is 282 g/mol. The van der Waals surface area contributed by atoms with Crippen molar-refractivity contribution in [3.05, 3.63) is 64.7 Å². The maximum atomic E-state index is 9.27. The molecule has 0 fully saturated rings. The molecule has 0 saturated heterocycles. The molecule has 0 heterocycles. The molecule has 0 aliphatic heterocycles. The maximum absolute atomic E-state index is 9.27. The largest absolute Gasteiger partial charge is 0.369 e. The third kappa shape index (κ3) is 3.54. The molecule has 0 aliphatic carbocycles. The third-order valence-corrected chi connectivity index (χ3v) is 3.53. The van der Waals surface area contributed by atoms with Crippen LogP contribution in [0.1, 0.15) is 22.3 Å². The van der Waals surface area contributed by atoms with Crippen molar-refractivity contribution in [3.8, 4) is 12.1 Å². The van der Waals surface area contributed by atoms with Crippen molar-refractivity contribution in [2.24, 2.45) is 0 Å². The zero-order valence-electron chi connectivity index (χ0n) is 11.7. The van der Waals surface area contributed by atoms with Crippen LogP contribution in [0, 0.1) is 22.7 Å². The minimum Gasteiger partial charge on any atom is -0.369 e. The number of anilines is 1. The first kappa shape index (κ1) is 14.9. The predicted molar refractivity (Wildman–Crippen MR) is 84.0 cm³/mol. The Hall–Kier alpha value is -2.49. The van der Waals surface area contributed by atoms with Crippen LogP contribution in [-0.4, -0.2) is 7.05 Å². The average molecular weight is 296 g/mol. The second-order valence-electron chi connectivity index (χ2n) is 4.77. The molecule has 0 aromatic heterocycles. The van der Waals surface area contributed by atoms with Crippen LogP contribution >= 0.6 is 11.6 Å². The van der Waals surface area contributed by atoms with E-state index in [9.17, 15) is 5.26 Å². The molecule has 3 nitrogen and oxygen atoms in total. The standard InChI is InChI=1S/C17H14ClN3/c1-21(12-15-4-2-3-14(7-15)10-19)17-6-5-13(9-18)8-16(17)11-20/h2-8H,9,12H2,1H3. The molecule has 104 valence electrons. The highest BCUT2D eigenvalue weighted by molar-refractivity contribution is 6.17. The van der Waals surface area contributed by atoms with Crippen molar-refractivity contribution in [1.29, 1.82) is 10.5 Å². The molecule has 0 amide bonds. The molecule has 0 aliphatic rings. The van der Waals surface area contributed by atoms with Crippen LogP contribution in [0.4, 0.5) is 5.69 Å². The minimum atomic E-state index is 0.392. The number of alkyl halides is 1. The van der Waals surface area contributed by atoms with Gasteiger partial charge in [0.2, 0.25) is 0 Å². The van der Waals surface area contributed by atoms with Gasteiger partial charge in [0.05, 0.1) is 22.9 Å². The number of hydrogen-bond acceptors (Lipinski definition) is 3. The van der Waals surface area contributed by atoms with Gasteiger partial charge in [0, 0.05) is 19.5 Å². The number of halogens is 1. The Kier molecular flexibility index (Phi) is 4.82. The summed E-state index contributed by atoms with van der Waals surface area (Å²) in [6, 6.07) is 17.4. The lowest BCUT2D eigenvalue weighted by Gasteiger charge is -2.21. The molecule has 4 heteroatoms. The number of nitriles is 2. The Labute approximate surface area is 129 Å². The highest BCUT2D eigenvalue weighted by atomic mass is 35.5. The summed E-state index contributed by atoms with van der Waals surface area (Å²) < 4.78 is 0. The van der Waals surface area contributed by atoms with E-state index in [0.717, 1.165) is 16.8 Å². The highest BCUT2D eigenvalue weighted by Gasteiger charge is 2.09. The molecule has 0 unspecified atom stereocenters. The van der Waals surface area contributed by atoms with Crippen LogP contribution in [0.25, 0.3) is 0 Å². The second-order valence-corrected chi connectivity index (χ2v) is 5.03. The zero-order valence-corrected chi connectivity index (χ0v) is 12.4. The van der Waals surface area contributed by atoms with Gasteiger partial charge in [-0.25, -0.2) is 0 Å². The van der Waals surface area contributed by atoms with Crippen molar-refractivity contribution in [3.63, 3.8) is 0 Å². The van der Waals surface area contributed by atoms with Crippen molar-refractivity contribution < 1.29 is 0 Å². The molecule has 21 heavy (non-hydrogen) atoms. The quantitative estimate of drug-likeness (QED) is 0.806. The predicted octanol–water partition coefficient (Wildman–Crippen LogP) is 3.81. The third-order valence-electron chi connectivity index (χ3n) is 3.22. The molecule has 2 aromatic rings. The lowest BCUT2D eigenvalue weighted by atomic mass is 10.1. The molecule has 2 rings (SSSR count). The Bertz CT molecular complexity index is 726. The van der Waals surface area contributed by atoms with Crippen molar-refractivity contribution >= 4 is 17.3 Å². The normalized spacial score (nSPS) is 9.71. The van der Waals surface area contributed by atoms with Crippen molar-refractivity contribution in [1.82, 2.24) is 0 Å². The molecule has 2 aromatic carbocycles. The Morgan fingerprint density at radius 2 is 1.86 bits per heavy atom. The van der Waals surface area contributed by atoms with Gasteiger partial charge in [0.25, 0.3) is 0 Å². The fraction of sp³-hybridized carbons (Fsp3) is 0.176. The fourth-order valence-electron chi connectivity index (χ4n) is 2.19. The van der Waals surface area contributed by atoms with Gasteiger partial charge in [-0.15, -0.1) is 11.6 Å². The van der Waals surface area contributed by atoms with Gasteiger partial charge in [0.1, 0.15) is 6.07 Å². The highest BCUT2D eigenvalue weighted by Crippen LogP contribution is 2.23. The van der Waals surface area contributed by atoms with Crippen LogP contribution in [-0.2, 0) is 12.4 Å². The number of hydrogen-bond donors (Lipinski definition) is 0. The van der Waals surface area contributed by atoms with Crippen molar-refractivity contribution in [2.75, 3.05) is 11.9 Å². The van der Waals surface area contributed by atoms with E-state index >= 15 is 0 Å². The minimum absolute atomic E-state index is 0.392. The molecular formula is C17H14ClN3. The Morgan fingerprint density at radius 1 is 1.05 bits per heavy atom. The van der Waals surface area contributed by atoms with Crippen LogP contribution in [0.3, 0.4) is 0 Å². The number of nitrogens with zero attached hydrogens (tertiary/aromatic N) is 3. The first-order valence-electron chi connectivity index (χ1n) is 6.47. The van der Waals surface area contributed by atoms with Gasteiger partial charge < -0.3 is 4.90 Å². The molecule has 0 radical (unpaired) electrons. The summed E-state index contributed by atoms with van der Waals surface area (Å²) in [5.74, 6) is 0.392. The van der Waals surface area contributed by atoms with Gasteiger partial charge in [-0.2, -0.15) is 10.5 Å². The molecule has 0 N–H and O–H groups in total. The summed E-state index contributed by atoms with van der Waals surface area (Å²) >= 11 is 5.80. The van der Waals surface area contributed by atoms with E-state index in [1.54, 1.807) is 6.07 Å².